The van der Waals surface area contributed by atoms with Gasteiger partial charge in [-0.1, -0.05) is 0 Å². The Bertz CT molecular complexity index is 476. The summed E-state index contributed by atoms with van der Waals surface area (Å²) in [4.78, 5) is 23.3. The Morgan fingerprint density at radius 2 is 2.21 bits per heavy atom. The Labute approximate surface area is 111 Å². The van der Waals surface area contributed by atoms with E-state index in [4.69, 9.17) is 5.73 Å². The van der Waals surface area contributed by atoms with E-state index in [1.165, 1.54) is 18.2 Å². The van der Waals surface area contributed by atoms with Crippen molar-refractivity contribution in [2.24, 2.45) is 0 Å². The second-order valence-corrected chi connectivity index (χ2v) is 4.30. The lowest BCUT2D eigenvalue weighted by atomic mass is 10.1. The standard InChI is InChI=1S/C12H18N4O3/c1-14-12(17)5-6-15(2)8-9-7-10(16(18)19)3-4-11(9)13/h3-4,7H,5-6,8,13H2,1-2H3,(H,14,17). The number of nitrogens with zero attached hydrogens (tertiary/aromatic N) is 2. The minimum atomic E-state index is -0.451. The first kappa shape index (κ1) is 14.9. The number of nitro benzene ring substituents is 1. The first-order chi connectivity index (χ1) is 8.93. The van der Waals surface area contributed by atoms with Crippen LogP contribution in [0.5, 0.6) is 0 Å². The number of carbonyl (C=O) groups is 1. The molecule has 0 heterocycles. The van der Waals surface area contributed by atoms with Crippen molar-refractivity contribution in [1.82, 2.24) is 10.2 Å². The van der Waals surface area contributed by atoms with Crippen molar-refractivity contribution in [2.45, 2.75) is 13.0 Å². The fourth-order valence-electron chi connectivity index (χ4n) is 1.63. The molecule has 7 nitrogen and oxygen atoms in total. The van der Waals surface area contributed by atoms with E-state index in [0.29, 0.717) is 30.8 Å². The average Bonchev–Trinajstić information content (AvgIpc) is 2.38. The Morgan fingerprint density at radius 1 is 1.53 bits per heavy atom. The van der Waals surface area contributed by atoms with Crippen LogP contribution in [0.2, 0.25) is 0 Å². The summed E-state index contributed by atoms with van der Waals surface area (Å²) in [6.45, 7) is 1.02. The van der Waals surface area contributed by atoms with Crippen LogP contribution in [0, 0.1) is 10.1 Å². The number of carbonyl (C=O) groups excluding carboxylic acids is 1. The maximum absolute atomic E-state index is 11.1. The summed E-state index contributed by atoms with van der Waals surface area (Å²) in [5.41, 5.74) is 7.01. The number of benzene rings is 1. The second kappa shape index (κ2) is 6.69. The first-order valence-corrected chi connectivity index (χ1v) is 5.86. The van der Waals surface area contributed by atoms with Crippen LogP contribution in [-0.4, -0.2) is 36.4 Å². The van der Waals surface area contributed by atoms with Crippen LogP contribution in [0.25, 0.3) is 0 Å². The van der Waals surface area contributed by atoms with Gasteiger partial charge in [-0.15, -0.1) is 0 Å². The van der Waals surface area contributed by atoms with Crippen molar-refractivity contribution in [3.63, 3.8) is 0 Å². The number of nitrogens with two attached hydrogens (primary N) is 1. The predicted octanol–water partition coefficient (Wildman–Crippen LogP) is 0.745. The van der Waals surface area contributed by atoms with Crippen LogP contribution in [0.4, 0.5) is 11.4 Å². The number of amides is 1. The minimum absolute atomic E-state index is 0.0175. The maximum Gasteiger partial charge on any atom is 0.269 e. The molecule has 0 atom stereocenters. The van der Waals surface area contributed by atoms with Gasteiger partial charge in [0.2, 0.25) is 5.91 Å². The molecule has 0 spiro atoms. The number of nitrogen functional groups attached to an aromatic ring is 1. The highest BCUT2D eigenvalue weighted by Gasteiger charge is 2.11. The molecule has 1 rings (SSSR count). The molecule has 104 valence electrons. The molecule has 0 unspecified atom stereocenters. The van der Waals surface area contributed by atoms with E-state index >= 15 is 0 Å². The van der Waals surface area contributed by atoms with Crippen LogP contribution in [0.15, 0.2) is 18.2 Å². The van der Waals surface area contributed by atoms with Gasteiger partial charge in [0, 0.05) is 44.4 Å². The fourth-order valence-corrected chi connectivity index (χ4v) is 1.63. The number of hydrogen-bond acceptors (Lipinski definition) is 5. The summed E-state index contributed by atoms with van der Waals surface area (Å²) >= 11 is 0. The summed E-state index contributed by atoms with van der Waals surface area (Å²) < 4.78 is 0. The highest BCUT2D eigenvalue weighted by molar-refractivity contribution is 5.75. The van der Waals surface area contributed by atoms with Crippen molar-refractivity contribution in [3.05, 3.63) is 33.9 Å². The molecular formula is C12H18N4O3. The number of non-ortho nitro benzene ring substituents is 1. The molecule has 0 aliphatic heterocycles. The first-order valence-electron chi connectivity index (χ1n) is 5.86. The molecule has 1 aromatic carbocycles. The van der Waals surface area contributed by atoms with E-state index in [1.54, 1.807) is 7.05 Å². The van der Waals surface area contributed by atoms with Gasteiger partial charge in [0.15, 0.2) is 0 Å². The normalized spacial score (nSPS) is 10.5. The van der Waals surface area contributed by atoms with E-state index in [1.807, 2.05) is 11.9 Å². The van der Waals surface area contributed by atoms with Crippen LogP contribution < -0.4 is 11.1 Å². The fraction of sp³-hybridized carbons (Fsp3) is 0.417. The second-order valence-electron chi connectivity index (χ2n) is 4.30. The minimum Gasteiger partial charge on any atom is -0.398 e. The van der Waals surface area contributed by atoms with Gasteiger partial charge in [-0.3, -0.25) is 14.9 Å². The number of nitrogens with one attached hydrogen (secondary N) is 1. The quantitative estimate of drug-likeness (QED) is 0.449. The van der Waals surface area contributed by atoms with Gasteiger partial charge in [-0.25, -0.2) is 0 Å². The van der Waals surface area contributed by atoms with Crippen molar-refractivity contribution in [1.29, 1.82) is 0 Å². The summed E-state index contributed by atoms with van der Waals surface area (Å²) in [6.07, 6.45) is 0.377. The third kappa shape index (κ3) is 4.55. The highest BCUT2D eigenvalue weighted by Crippen LogP contribution is 2.20. The van der Waals surface area contributed by atoms with E-state index in [0.717, 1.165) is 0 Å². The van der Waals surface area contributed by atoms with Crippen molar-refractivity contribution >= 4 is 17.3 Å². The maximum atomic E-state index is 11.1. The van der Waals surface area contributed by atoms with Crippen LogP contribution >= 0.6 is 0 Å². The highest BCUT2D eigenvalue weighted by atomic mass is 16.6. The van der Waals surface area contributed by atoms with E-state index in [2.05, 4.69) is 5.32 Å². The molecule has 0 fully saturated rings. The van der Waals surface area contributed by atoms with Gasteiger partial charge in [0.1, 0.15) is 0 Å². The van der Waals surface area contributed by atoms with Gasteiger partial charge < -0.3 is 16.0 Å². The van der Waals surface area contributed by atoms with E-state index < -0.39 is 4.92 Å². The Hall–Kier alpha value is -2.15. The van der Waals surface area contributed by atoms with Crippen molar-refractivity contribution in [2.75, 3.05) is 26.4 Å². The molecule has 0 aliphatic rings. The Morgan fingerprint density at radius 3 is 2.79 bits per heavy atom. The van der Waals surface area contributed by atoms with Crippen molar-refractivity contribution < 1.29 is 9.72 Å². The van der Waals surface area contributed by atoms with Crippen LogP contribution in [0.3, 0.4) is 0 Å². The number of hydrogen-bond donors (Lipinski definition) is 2. The molecule has 0 bridgehead atoms. The smallest absolute Gasteiger partial charge is 0.269 e. The summed E-state index contributed by atoms with van der Waals surface area (Å²) in [5.74, 6) is -0.0427. The average molecular weight is 266 g/mol. The molecule has 0 saturated carbocycles. The van der Waals surface area contributed by atoms with Gasteiger partial charge in [0.05, 0.1) is 4.92 Å². The lowest BCUT2D eigenvalue weighted by Crippen LogP contribution is -2.26. The lowest BCUT2D eigenvalue weighted by Gasteiger charge is -2.17. The van der Waals surface area contributed by atoms with Gasteiger partial charge >= 0.3 is 0 Å². The molecule has 0 aliphatic carbocycles. The molecule has 0 aromatic heterocycles. The largest absolute Gasteiger partial charge is 0.398 e. The zero-order valence-electron chi connectivity index (χ0n) is 11.0. The summed E-state index contributed by atoms with van der Waals surface area (Å²) in [5, 5.41) is 13.2. The van der Waals surface area contributed by atoms with Gasteiger partial charge in [-0.2, -0.15) is 0 Å². The molecule has 1 amide bonds. The molecular weight excluding hydrogens is 248 g/mol. The van der Waals surface area contributed by atoms with E-state index in [-0.39, 0.29) is 11.6 Å². The molecule has 0 radical (unpaired) electrons. The predicted molar refractivity (Wildman–Crippen MR) is 72.5 cm³/mol. The van der Waals surface area contributed by atoms with Gasteiger partial charge in [-0.05, 0) is 18.7 Å². The molecule has 3 N–H and O–H groups in total. The number of nitro groups is 1. The zero-order chi connectivity index (χ0) is 14.4. The van der Waals surface area contributed by atoms with Crippen molar-refractivity contribution in [3.8, 4) is 0 Å². The lowest BCUT2D eigenvalue weighted by molar-refractivity contribution is -0.384. The SMILES string of the molecule is CNC(=O)CCN(C)Cc1cc([N+](=O)[O-])ccc1N. The van der Waals surface area contributed by atoms with E-state index in [9.17, 15) is 14.9 Å². The monoisotopic (exact) mass is 266 g/mol. The molecule has 0 saturated heterocycles. The topological polar surface area (TPSA) is 102 Å². The molecule has 7 heteroatoms. The van der Waals surface area contributed by atoms with Gasteiger partial charge in [0.25, 0.3) is 5.69 Å². The Balaban J connectivity index is 2.67. The zero-order valence-corrected chi connectivity index (χ0v) is 11.0. The number of rotatable bonds is 6. The summed E-state index contributed by atoms with van der Waals surface area (Å²) in [7, 11) is 3.42. The number of anilines is 1. The van der Waals surface area contributed by atoms with Crippen LogP contribution in [0.1, 0.15) is 12.0 Å². The Kier molecular flexibility index (Phi) is 5.25. The van der Waals surface area contributed by atoms with Crippen LogP contribution in [-0.2, 0) is 11.3 Å². The summed E-state index contributed by atoms with van der Waals surface area (Å²) in [6, 6.07) is 4.37. The molecule has 1 aromatic rings. The molecule has 19 heavy (non-hydrogen) atoms. The third-order valence-corrected chi connectivity index (χ3v) is 2.78. The third-order valence-electron chi connectivity index (χ3n) is 2.78.